The van der Waals surface area contributed by atoms with Crippen molar-refractivity contribution in [2.45, 2.75) is 65.2 Å². The first-order chi connectivity index (χ1) is 14.1. The lowest BCUT2D eigenvalue weighted by Crippen LogP contribution is -2.32. The molecule has 29 heavy (non-hydrogen) atoms. The summed E-state index contributed by atoms with van der Waals surface area (Å²) in [4.78, 5) is 26.8. The number of ketones is 1. The van der Waals surface area contributed by atoms with Gasteiger partial charge in [-0.25, -0.2) is 9.18 Å². The third kappa shape index (κ3) is 7.18. The SMILES string of the molecule is CCCCCCN(CCCCCC)C(Nc1ccc(F)cc1)=C1C(=O)COC1=O. The van der Waals surface area contributed by atoms with Crippen LogP contribution in [-0.2, 0) is 14.3 Å². The third-order valence-corrected chi connectivity index (χ3v) is 5.04. The topological polar surface area (TPSA) is 58.6 Å². The summed E-state index contributed by atoms with van der Waals surface area (Å²) in [6.07, 6.45) is 8.74. The van der Waals surface area contributed by atoms with Crippen LogP contribution < -0.4 is 5.32 Å². The monoisotopic (exact) mass is 404 g/mol. The first-order valence-corrected chi connectivity index (χ1v) is 10.8. The summed E-state index contributed by atoms with van der Waals surface area (Å²) >= 11 is 0. The number of unbranched alkanes of at least 4 members (excludes halogenated alkanes) is 6. The largest absolute Gasteiger partial charge is 0.453 e. The highest BCUT2D eigenvalue weighted by atomic mass is 19.1. The molecule has 1 fully saturated rings. The molecule has 0 radical (unpaired) electrons. The number of carbonyl (C=O) groups is 2. The highest BCUT2D eigenvalue weighted by Crippen LogP contribution is 2.23. The van der Waals surface area contributed by atoms with E-state index in [1.54, 1.807) is 12.1 Å². The average molecular weight is 405 g/mol. The lowest BCUT2D eigenvalue weighted by molar-refractivity contribution is -0.135. The molecular weight excluding hydrogens is 371 g/mol. The Hall–Kier alpha value is -2.37. The molecule has 0 spiro atoms. The van der Waals surface area contributed by atoms with Crippen molar-refractivity contribution in [3.8, 4) is 0 Å². The van der Waals surface area contributed by atoms with Gasteiger partial charge in [0.25, 0.3) is 0 Å². The Morgan fingerprint density at radius 2 is 1.55 bits per heavy atom. The van der Waals surface area contributed by atoms with Crippen molar-refractivity contribution in [2.24, 2.45) is 0 Å². The molecule has 0 aromatic heterocycles. The molecule has 2 rings (SSSR count). The van der Waals surface area contributed by atoms with E-state index >= 15 is 0 Å². The van der Waals surface area contributed by atoms with Crippen LogP contribution in [0.5, 0.6) is 0 Å². The van der Waals surface area contributed by atoms with E-state index in [4.69, 9.17) is 4.74 Å². The van der Waals surface area contributed by atoms with E-state index in [2.05, 4.69) is 24.1 Å². The second-order valence-electron chi connectivity index (χ2n) is 7.46. The van der Waals surface area contributed by atoms with Crippen LogP contribution in [0.2, 0.25) is 0 Å². The van der Waals surface area contributed by atoms with E-state index in [-0.39, 0.29) is 23.8 Å². The number of rotatable bonds is 13. The number of hydrogen-bond acceptors (Lipinski definition) is 5. The summed E-state index contributed by atoms with van der Waals surface area (Å²) in [5, 5.41) is 3.21. The first-order valence-electron chi connectivity index (χ1n) is 10.8. The van der Waals surface area contributed by atoms with Crippen molar-refractivity contribution in [2.75, 3.05) is 25.0 Å². The van der Waals surface area contributed by atoms with Crippen molar-refractivity contribution in [1.82, 2.24) is 4.90 Å². The molecule has 5 nitrogen and oxygen atoms in total. The van der Waals surface area contributed by atoms with Crippen molar-refractivity contribution in [3.05, 3.63) is 41.5 Å². The molecule has 0 bridgehead atoms. The van der Waals surface area contributed by atoms with Gasteiger partial charge in [-0.05, 0) is 37.1 Å². The van der Waals surface area contributed by atoms with Gasteiger partial charge in [-0.3, -0.25) is 4.79 Å². The molecule has 1 heterocycles. The number of esters is 1. The van der Waals surface area contributed by atoms with Crippen molar-refractivity contribution >= 4 is 17.4 Å². The van der Waals surface area contributed by atoms with E-state index in [9.17, 15) is 14.0 Å². The van der Waals surface area contributed by atoms with Crippen LogP contribution in [0.3, 0.4) is 0 Å². The molecule has 0 amide bonds. The van der Waals surface area contributed by atoms with E-state index < -0.39 is 5.97 Å². The van der Waals surface area contributed by atoms with Gasteiger partial charge in [0.05, 0.1) is 0 Å². The zero-order chi connectivity index (χ0) is 21.1. The molecule has 1 N–H and O–H groups in total. The molecule has 1 aromatic rings. The number of Topliss-reactive ketones (excluding diaryl/α,β-unsaturated/α-hetero) is 1. The average Bonchev–Trinajstić information content (AvgIpc) is 3.05. The van der Waals surface area contributed by atoms with Crippen molar-refractivity contribution < 1.29 is 18.7 Å². The Morgan fingerprint density at radius 3 is 2.03 bits per heavy atom. The third-order valence-electron chi connectivity index (χ3n) is 5.04. The van der Waals surface area contributed by atoms with Crippen LogP contribution in [0.1, 0.15) is 65.2 Å². The van der Waals surface area contributed by atoms with E-state index in [0.717, 1.165) is 64.5 Å². The molecule has 0 unspecified atom stereocenters. The number of cyclic esters (lactones) is 1. The van der Waals surface area contributed by atoms with Gasteiger partial charge in [-0.15, -0.1) is 0 Å². The maximum Gasteiger partial charge on any atom is 0.346 e. The highest BCUT2D eigenvalue weighted by molar-refractivity contribution is 6.22. The second-order valence-corrected chi connectivity index (χ2v) is 7.46. The highest BCUT2D eigenvalue weighted by Gasteiger charge is 2.34. The van der Waals surface area contributed by atoms with Gasteiger partial charge in [-0.2, -0.15) is 0 Å². The summed E-state index contributed by atoms with van der Waals surface area (Å²) in [6, 6.07) is 5.92. The Bertz CT molecular complexity index is 671. The number of hydrogen-bond donors (Lipinski definition) is 1. The minimum absolute atomic E-state index is 0.0697. The van der Waals surface area contributed by atoms with Gasteiger partial charge >= 0.3 is 5.97 Å². The van der Waals surface area contributed by atoms with Gasteiger partial charge in [0.1, 0.15) is 17.2 Å². The predicted octanol–water partition coefficient (Wildman–Crippen LogP) is 5.04. The molecule has 1 aromatic carbocycles. The number of anilines is 1. The molecule has 0 atom stereocenters. The smallest absolute Gasteiger partial charge is 0.346 e. The number of halogens is 1. The second kappa shape index (κ2) is 12.2. The molecule has 1 saturated heterocycles. The van der Waals surface area contributed by atoms with E-state index in [1.807, 2.05) is 0 Å². The van der Waals surface area contributed by atoms with Crippen LogP contribution in [0, 0.1) is 5.82 Å². The Kier molecular flexibility index (Phi) is 9.68. The Balaban J connectivity index is 2.28. The fourth-order valence-electron chi connectivity index (χ4n) is 3.38. The van der Waals surface area contributed by atoms with E-state index in [0.29, 0.717) is 11.5 Å². The van der Waals surface area contributed by atoms with Crippen LogP contribution in [-0.4, -0.2) is 36.3 Å². The quantitative estimate of drug-likeness (QED) is 0.216. The molecular formula is C23H33FN2O3. The number of nitrogens with one attached hydrogen (secondary N) is 1. The Morgan fingerprint density at radius 1 is 0.966 bits per heavy atom. The predicted molar refractivity (Wildman–Crippen MR) is 113 cm³/mol. The standard InChI is InChI=1S/C23H33FN2O3/c1-3-5-7-9-15-26(16-10-8-6-4-2)22(21-20(27)17-29-23(21)28)25-19-13-11-18(24)12-14-19/h11-14,25H,3-10,15-17H2,1-2H3. The molecule has 0 aliphatic carbocycles. The van der Waals surface area contributed by atoms with Crippen LogP contribution in [0.25, 0.3) is 0 Å². The maximum absolute atomic E-state index is 13.3. The van der Waals surface area contributed by atoms with Crippen LogP contribution in [0.4, 0.5) is 10.1 Å². The van der Waals surface area contributed by atoms with Gasteiger partial charge in [0.2, 0.25) is 5.78 Å². The van der Waals surface area contributed by atoms with Gasteiger partial charge < -0.3 is 15.0 Å². The summed E-state index contributed by atoms with van der Waals surface area (Å²) in [6.45, 7) is 5.61. The molecule has 160 valence electrons. The van der Waals surface area contributed by atoms with E-state index in [1.165, 1.54) is 12.1 Å². The van der Waals surface area contributed by atoms with Gasteiger partial charge in [0, 0.05) is 18.8 Å². The molecule has 1 aliphatic rings. The lowest BCUT2D eigenvalue weighted by Gasteiger charge is -2.29. The summed E-state index contributed by atoms with van der Waals surface area (Å²) in [5.41, 5.74) is 0.703. The number of nitrogens with zero attached hydrogens (tertiary/aromatic N) is 1. The summed E-state index contributed by atoms with van der Waals surface area (Å²) in [7, 11) is 0. The summed E-state index contributed by atoms with van der Waals surface area (Å²) < 4.78 is 18.3. The minimum atomic E-state index is -0.591. The first kappa shape index (κ1) is 22.9. The Labute approximate surface area is 173 Å². The zero-order valence-corrected chi connectivity index (χ0v) is 17.6. The minimum Gasteiger partial charge on any atom is -0.453 e. The number of carbonyl (C=O) groups excluding carboxylic acids is 2. The number of benzene rings is 1. The molecule has 6 heteroatoms. The van der Waals surface area contributed by atoms with Crippen LogP contribution >= 0.6 is 0 Å². The lowest BCUT2D eigenvalue weighted by atomic mass is 10.1. The van der Waals surface area contributed by atoms with Crippen LogP contribution in [0.15, 0.2) is 35.7 Å². The van der Waals surface area contributed by atoms with Crippen molar-refractivity contribution in [3.63, 3.8) is 0 Å². The number of ether oxygens (including phenoxy) is 1. The fraction of sp³-hybridized carbons (Fsp3) is 0.565. The fourth-order valence-corrected chi connectivity index (χ4v) is 3.38. The van der Waals surface area contributed by atoms with Gasteiger partial charge in [-0.1, -0.05) is 52.4 Å². The van der Waals surface area contributed by atoms with Crippen molar-refractivity contribution in [1.29, 1.82) is 0 Å². The molecule has 0 saturated carbocycles. The maximum atomic E-state index is 13.3. The summed E-state index contributed by atoms with van der Waals surface area (Å²) in [5.74, 6) is -0.757. The molecule has 1 aliphatic heterocycles. The normalized spacial score (nSPS) is 15.4. The zero-order valence-electron chi connectivity index (χ0n) is 17.6. The van der Waals surface area contributed by atoms with Gasteiger partial charge in [0.15, 0.2) is 6.61 Å².